The second-order valence-corrected chi connectivity index (χ2v) is 4.71. The van der Waals surface area contributed by atoms with E-state index >= 15 is 0 Å². The molecule has 0 aromatic heterocycles. The fourth-order valence-corrected chi connectivity index (χ4v) is 2.70. The van der Waals surface area contributed by atoms with Gasteiger partial charge in [0.2, 0.25) is 0 Å². The first-order valence-electron chi connectivity index (χ1n) is 6.22. The van der Waals surface area contributed by atoms with Gasteiger partial charge >= 0.3 is 0 Å². The Labute approximate surface area is 128 Å². The number of benzene rings is 4. The van der Waals surface area contributed by atoms with Gasteiger partial charge in [-0.2, -0.15) is 0 Å². The van der Waals surface area contributed by atoms with Crippen molar-refractivity contribution in [2.45, 2.75) is 0 Å². The van der Waals surface area contributed by atoms with Crippen LogP contribution in [-0.2, 0) is 0 Å². The van der Waals surface area contributed by atoms with Crippen LogP contribution in [0.3, 0.4) is 0 Å². The zero-order valence-corrected chi connectivity index (χ0v) is 12.0. The molecule has 0 unspecified atom stereocenters. The standard InChI is InChI=1S/C18H12.Mg/c1-2-7-15-12-18-16(11-14(15)6-1)10-9-13-5-3-4-8-17(13)18;/h1-12H;. The van der Waals surface area contributed by atoms with E-state index in [1.807, 2.05) is 0 Å². The second kappa shape index (κ2) is 4.84. The number of fused-ring (bicyclic) bond motifs is 4. The summed E-state index contributed by atoms with van der Waals surface area (Å²) < 4.78 is 0. The fourth-order valence-electron chi connectivity index (χ4n) is 2.70. The average molecular weight is 253 g/mol. The van der Waals surface area contributed by atoms with E-state index in [9.17, 15) is 0 Å². The van der Waals surface area contributed by atoms with Crippen molar-refractivity contribution in [3.8, 4) is 0 Å². The Morgan fingerprint density at radius 2 is 1.00 bits per heavy atom. The Bertz CT molecular complexity index is 872. The van der Waals surface area contributed by atoms with Gasteiger partial charge in [-0.15, -0.1) is 0 Å². The van der Waals surface area contributed by atoms with Crippen molar-refractivity contribution in [3.63, 3.8) is 0 Å². The maximum Gasteiger partial charge on any atom is 0 e. The van der Waals surface area contributed by atoms with Crippen LogP contribution in [-0.4, -0.2) is 23.1 Å². The van der Waals surface area contributed by atoms with Gasteiger partial charge in [-0.05, 0) is 44.5 Å². The highest BCUT2D eigenvalue weighted by Crippen LogP contribution is 2.29. The molecular weight excluding hydrogens is 241 g/mol. The molecule has 0 aliphatic rings. The largest absolute Gasteiger partial charge is 0.0616 e. The van der Waals surface area contributed by atoms with Crippen molar-refractivity contribution in [3.05, 3.63) is 72.8 Å². The monoisotopic (exact) mass is 252 g/mol. The summed E-state index contributed by atoms with van der Waals surface area (Å²) >= 11 is 0. The summed E-state index contributed by atoms with van der Waals surface area (Å²) in [4.78, 5) is 0. The molecule has 2 radical (unpaired) electrons. The normalized spacial score (nSPS) is 10.7. The minimum absolute atomic E-state index is 0. The SMILES string of the molecule is [Mg].c1ccc2cc3c(ccc4ccccc43)cc2c1. The van der Waals surface area contributed by atoms with E-state index in [2.05, 4.69) is 72.8 Å². The molecule has 0 saturated carbocycles. The Morgan fingerprint density at radius 1 is 0.421 bits per heavy atom. The van der Waals surface area contributed by atoms with Crippen LogP contribution in [0, 0.1) is 0 Å². The molecule has 19 heavy (non-hydrogen) atoms. The average Bonchev–Trinajstić information content (AvgIpc) is 2.45. The van der Waals surface area contributed by atoms with Crippen molar-refractivity contribution < 1.29 is 0 Å². The van der Waals surface area contributed by atoms with E-state index in [0.29, 0.717) is 0 Å². The summed E-state index contributed by atoms with van der Waals surface area (Å²) in [7, 11) is 0. The topological polar surface area (TPSA) is 0 Å². The van der Waals surface area contributed by atoms with Crippen LogP contribution in [0.15, 0.2) is 72.8 Å². The maximum absolute atomic E-state index is 2.30. The molecule has 1 heteroatoms. The van der Waals surface area contributed by atoms with E-state index in [-0.39, 0.29) is 23.1 Å². The van der Waals surface area contributed by atoms with Crippen molar-refractivity contribution in [2.75, 3.05) is 0 Å². The number of hydrogen-bond donors (Lipinski definition) is 0. The Balaban J connectivity index is 0.00000110. The zero-order chi connectivity index (χ0) is 11.9. The van der Waals surface area contributed by atoms with Crippen LogP contribution in [0.1, 0.15) is 0 Å². The first-order chi connectivity index (χ1) is 8.92. The molecule has 0 saturated heterocycles. The van der Waals surface area contributed by atoms with Gasteiger partial charge in [-0.1, -0.05) is 60.7 Å². The number of rotatable bonds is 0. The molecule has 0 fully saturated rings. The first kappa shape index (κ1) is 12.5. The first-order valence-corrected chi connectivity index (χ1v) is 6.22. The Kier molecular flexibility index (Phi) is 3.17. The van der Waals surface area contributed by atoms with Gasteiger partial charge in [0.1, 0.15) is 0 Å². The highest BCUT2D eigenvalue weighted by atomic mass is 24.3. The molecular formula is C18H12Mg. The van der Waals surface area contributed by atoms with Crippen LogP contribution >= 0.6 is 0 Å². The Hall–Kier alpha value is -1.57. The smallest absolute Gasteiger partial charge is 0 e. The lowest BCUT2D eigenvalue weighted by atomic mass is 9.98. The summed E-state index contributed by atoms with van der Waals surface area (Å²) in [5.74, 6) is 0. The van der Waals surface area contributed by atoms with E-state index in [0.717, 1.165) is 0 Å². The molecule has 4 aromatic carbocycles. The molecule has 4 aromatic rings. The van der Waals surface area contributed by atoms with Crippen LogP contribution in [0.2, 0.25) is 0 Å². The summed E-state index contributed by atoms with van der Waals surface area (Å²) in [5, 5.41) is 7.90. The van der Waals surface area contributed by atoms with E-state index in [1.54, 1.807) is 0 Å². The van der Waals surface area contributed by atoms with Crippen LogP contribution in [0.25, 0.3) is 32.3 Å². The van der Waals surface area contributed by atoms with Gasteiger partial charge in [-0.25, -0.2) is 0 Å². The van der Waals surface area contributed by atoms with Gasteiger partial charge in [0.05, 0.1) is 0 Å². The third kappa shape index (κ3) is 1.99. The lowest BCUT2D eigenvalue weighted by molar-refractivity contribution is 1.77. The van der Waals surface area contributed by atoms with Crippen molar-refractivity contribution in [1.29, 1.82) is 0 Å². The summed E-state index contributed by atoms with van der Waals surface area (Å²) in [6.45, 7) is 0. The molecule has 0 heterocycles. The predicted octanol–water partition coefficient (Wildman–Crippen LogP) is 4.77. The lowest BCUT2D eigenvalue weighted by Crippen LogP contribution is -1.79. The molecule has 86 valence electrons. The summed E-state index contributed by atoms with van der Waals surface area (Å²) in [6.07, 6.45) is 0. The van der Waals surface area contributed by atoms with Gasteiger partial charge < -0.3 is 0 Å². The third-order valence-electron chi connectivity index (χ3n) is 3.61. The van der Waals surface area contributed by atoms with Crippen LogP contribution in [0.4, 0.5) is 0 Å². The predicted molar refractivity (Wildman–Crippen MR) is 84.7 cm³/mol. The van der Waals surface area contributed by atoms with Gasteiger partial charge in [0.15, 0.2) is 0 Å². The van der Waals surface area contributed by atoms with E-state index < -0.39 is 0 Å². The lowest BCUT2D eigenvalue weighted by Gasteiger charge is -2.06. The quantitative estimate of drug-likeness (QED) is 0.240. The van der Waals surface area contributed by atoms with Gasteiger partial charge in [0, 0.05) is 23.1 Å². The molecule has 4 rings (SSSR count). The van der Waals surface area contributed by atoms with Gasteiger partial charge in [0.25, 0.3) is 0 Å². The highest BCUT2D eigenvalue weighted by Gasteiger charge is 2.01. The summed E-state index contributed by atoms with van der Waals surface area (Å²) in [6, 6.07) is 26.1. The van der Waals surface area contributed by atoms with Crippen molar-refractivity contribution >= 4 is 55.4 Å². The minimum atomic E-state index is 0. The van der Waals surface area contributed by atoms with Crippen molar-refractivity contribution in [2.24, 2.45) is 0 Å². The molecule has 0 spiro atoms. The zero-order valence-electron chi connectivity index (χ0n) is 10.6. The van der Waals surface area contributed by atoms with Crippen LogP contribution in [0.5, 0.6) is 0 Å². The van der Waals surface area contributed by atoms with Crippen molar-refractivity contribution in [1.82, 2.24) is 0 Å². The van der Waals surface area contributed by atoms with Gasteiger partial charge in [-0.3, -0.25) is 0 Å². The van der Waals surface area contributed by atoms with E-state index in [4.69, 9.17) is 0 Å². The minimum Gasteiger partial charge on any atom is -0.0616 e. The molecule has 0 bridgehead atoms. The molecule has 0 amide bonds. The van der Waals surface area contributed by atoms with Crippen LogP contribution < -0.4 is 0 Å². The fraction of sp³-hybridized carbons (Fsp3) is 0. The maximum atomic E-state index is 2.30. The molecule has 0 nitrogen and oxygen atoms in total. The van der Waals surface area contributed by atoms with E-state index in [1.165, 1.54) is 32.3 Å². The molecule has 0 atom stereocenters. The summed E-state index contributed by atoms with van der Waals surface area (Å²) in [5.41, 5.74) is 0. The highest BCUT2D eigenvalue weighted by molar-refractivity contribution is 6.11. The molecule has 0 aliphatic heterocycles. The number of hydrogen-bond acceptors (Lipinski definition) is 0. The third-order valence-corrected chi connectivity index (χ3v) is 3.61. The molecule has 0 aliphatic carbocycles. The Morgan fingerprint density at radius 3 is 1.79 bits per heavy atom. The molecule has 0 N–H and O–H groups in total. The second-order valence-electron chi connectivity index (χ2n) is 4.71.